The number of benzene rings is 1. The first-order valence-electron chi connectivity index (χ1n) is 10.7. The number of fused-ring (bicyclic) bond motifs is 1. The third-order valence-electron chi connectivity index (χ3n) is 5.75. The molecule has 0 radical (unpaired) electrons. The number of carbonyl (C=O) groups is 1. The molecule has 3 aromatic rings. The molecule has 1 saturated heterocycles. The summed E-state index contributed by atoms with van der Waals surface area (Å²) in [6.07, 6.45) is 6.87. The Hall–Kier alpha value is -2.51. The van der Waals surface area contributed by atoms with E-state index in [1.54, 1.807) is 18.4 Å². The quantitative estimate of drug-likeness (QED) is 0.496. The summed E-state index contributed by atoms with van der Waals surface area (Å²) in [5, 5.41) is 10.6. The number of carbonyl (C=O) groups excluding carboxylic acids is 1. The normalized spacial score (nSPS) is 14.7. The Morgan fingerprint density at radius 3 is 2.90 bits per heavy atom. The molecular weight excluding hydrogens is 394 g/mol. The first kappa shape index (κ1) is 20.8. The Kier molecular flexibility index (Phi) is 6.59. The van der Waals surface area contributed by atoms with Gasteiger partial charge >= 0.3 is 0 Å². The highest BCUT2D eigenvalue weighted by Crippen LogP contribution is 2.34. The monoisotopic (exact) mass is 423 g/mol. The molecule has 158 valence electrons. The zero-order valence-electron chi connectivity index (χ0n) is 17.6. The van der Waals surface area contributed by atoms with Crippen LogP contribution in [0, 0.1) is 12.8 Å². The van der Waals surface area contributed by atoms with Crippen molar-refractivity contribution in [1.82, 2.24) is 20.6 Å². The molecule has 1 aliphatic heterocycles. The lowest BCUT2D eigenvalue weighted by Gasteiger charge is -2.22. The van der Waals surface area contributed by atoms with E-state index in [-0.39, 0.29) is 5.91 Å². The van der Waals surface area contributed by atoms with Crippen molar-refractivity contribution in [3.05, 3.63) is 41.6 Å². The van der Waals surface area contributed by atoms with Gasteiger partial charge in [-0.3, -0.25) is 4.79 Å². The maximum Gasteiger partial charge on any atom is 0.251 e. The van der Waals surface area contributed by atoms with Gasteiger partial charge in [-0.05, 0) is 80.8 Å². The number of nitrogens with one attached hydrogen (secondary N) is 3. The number of rotatable bonds is 7. The number of aryl methyl sites for hydroxylation is 1. The van der Waals surface area contributed by atoms with Crippen LogP contribution in [0.15, 0.2) is 30.5 Å². The van der Waals surface area contributed by atoms with Crippen LogP contribution in [-0.4, -0.2) is 42.6 Å². The smallest absolute Gasteiger partial charge is 0.251 e. The predicted molar refractivity (Wildman–Crippen MR) is 124 cm³/mol. The number of aromatic nitrogens is 2. The summed E-state index contributed by atoms with van der Waals surface area (Å²) in [6.45, 7) is 5.25. The lowest BCUT2D eigenvalue weighted by Crippen LogP contribution is -2.27. The zero-order valence-corrected chi connectivity index (χ0v) is 18.4. The topological polar surface area (TPSA) is 78.9 Å². The summed E-state index contributed by atoms with van der Waals surface area (Å²) in [5.41, 5.74) is 2.68. The van der Waals surface area contributed by atoms with E-state index in [9.17, 15) is 4.79 Å². The number of piperidine rings is 1. The zero-order chi connectivity index (χ0) is 20.9. The summed E-state index contributed by atoms with van der Waals surface area (Å²) >= 11 is 1.66. The molecule has 2 aromatic heterocycles. The van der Waals surface area contributed by atoms with Crippen LogP contribution >= 0.6 is 11.3 Å². The van der Waals surface area contributed by atoms with Gasteiger partial charge < -0.3 is 16.0 Å². The Balaban J connectivity index is 1.45. The third-order valence-corrected chi connectivity index (χ3v) is 6.85. The maximum atomic E-state index is 11.9. The molecule has 6 nitrogen and oxygen atoms in total. The van der Waals surface area contributed by atoms with E-state index in [1.807, 2.05) is 31.3 Å². The van der Waals surface area contributed by atoms with Gasteiger partial charge in [0.25, 0.3) is 5.91 Å². The number of hydrogen-bond acceptors (Lipinski definition) is 6. The number of hydrogen-bond donors (Lipinski definition) is 3. The second-order valence-electron chi connectivity index (χ2n) is 7.93. The first-order chi connectivity index (χ1) is 14.6. The summed E-state index contributed by atoms with van der Waals surface area (Å²) < 4.78 is 1.08. The van der Waals surface area contributed by atoms with E-state index >= 15 is 0 Å². The van der Waals surface area contributed by atoms with Crippen LogP contribution in [0.2, 0.25) is 0 Å². The van der Waals surface area contributed by atoms with Crippen LogP contribution in [0.25, 0.3) is 20.7 Å². The van der Waals surface area contributed by atoms with Crippen LogP contribution < -0.4 is 16.0 Å². The summed E-state index contributed by atoms with van der Waals surface area (Å²) in [5.74, 6) is 1.46. The molecule has 0 spiro atoms. The van der Waals surface area contributed by atoms with Crippen LogP contribution in [0.4, 0.5) is 5.95 Å². The van der Waals surface area contributed by atoms with E-state index in [4.69, 9.17) is 4.98 Å². The van der Waals surface area contributed by atoms with E-state index in [1.165, 1.54) is 19.3 Å². The van der Waals surface area contributed by atoms with Crippen molar-refractivity contribution in [2.45, 2.75) is 32.6 Å². The molecule has 3 heterocycles. The molecule has 7 heteroatoms. The van der Waals surface area contributed by atoms with Gasteiger partial charge in [0.1, 0.15) is 0 Å². The van der Waals surface area contributed by atoms with Gasteiger partial charge in [0.2, 0.25) is 5.95 Å². The molecule has 1 aromatic carbocycles. The fraction of sp³-hybridized carbons (Fsp3) is 0.435. The van der Waals surface area contributed by atoms with Crippen LogP contribution in [0.1, 0.15) is 41.6 Å². The minimum atomic E-state index is -0.0685. The van der Waals surface area contributed by atoms with Crippen molar-refractivity contribution in [3.63, 3.8) is 0 Å². The molecule has 0 unspecified atom stereocenters. The second kappa shape index (κ2) is 9.53. The molecule has 1 amide bonds. The van der Waals surface area contributed by atoms with Gasteiger partial charge in [-0.2, -0.15) is 0 Å². The molecule has 1 aliphatic rings. The summed E-state index contributed by atoms with van der Waals surface area (Å²) in [7, 11) is 1.65. The third kappa shape index (κ3) is 4.79. The van der Waals surface area contributed by atoms with Gasteiger partial charge in [-0.25, -0.2) is 9.97 Å². The van der Waals surface area contributed by atoms with E-state index in [0.717, 1.165) is 58.2 Å². The fourth-order valence-corrected chi connectivity index (χ4v) is 5.13. The number of amides is 1. The molecule has 0 bridgehead atoms. The average molecular weight is 424 g/mol. The standard InChI is InChI=1S/C23H29N5OS/c1-15-14-27-23(26-9-3-4-16-7-10-25-11-8-16)28-21(15)20-12-17-5-6-18(22(29)24-2)13-19(17)30-20/h5-6,12-14,16,25H,3-4,7-11H2,1-2H3,(H,24,29)(H,26,27,28). The highest BCUT2D eigenvalue weighted by atomic mass is 32.1. The Labute approximate surface area is 181 Å². The van der Waals surface area contributed by atoms with E-state index in [2.05, 4.69) is 27.0 Å². The largest absolute Gasteiger partial charge is 0.355 e. The van der Waals surface area contributed by atoms with Crippen LogP contribution in [0.5, 0.6) is 0 Å². The first-order valence-corrected chi connectivity index (χ1v) is 11.5. The van der Waals surface area contributed by atoms with Crippen molar-refractivity contribution in [2.75, 3.05) is 32.0 Å². The molecule has 4 rings (SSSR count). The summed E-state index contributed by atoms with van der Waals surface area (Å²) in [6, 6.07) is 7.94. The lowest BCUT2D eigenvalue weighted by atomic mass is 9.93. The molecule has 0 saturated carbocycles. The van der Waals surface area contributed by atoms with Gasteiger partial charge in [-0.1, -0.05) is 6.07 Å². The van der Waals surface area contributed by atoms with Gasteiger partial charge in [0.05, 0.1) is 10.6 Å². The van der Waals surface area contributed by atoms with E-state index in [0.29, 0.717) is 11.5 Å². The van der Waals surface area contributed by atoms with Crippen molar-refractivity contribution in [2.24, 2.45) is 5.92 Å². The van der Waals surface area contributed by atoms with Gasteiger partial charge in [0, 0.05) is 30.1 Å². The van der Waals surface area contributed by atoms with Gasteiger partial charge in [0.15, 0.2) is 0 Å². The molecule has 0 atom stereocenters. The fourth-order valence-electron chi connectivity index (χ4n) is 3.97. The van der Waals surface area contributed by atoms with Crippen LogP contribution in [0.3, 0.4) is 0 Å². The van der Waals surface area contributed by atoms with E-state index < -0.39 is 0 Å². The summed E-state index contributed by atoms with van der Waals surface area (Å²) in [4.78, 5) is 22.3. The van der Waals surface area contributed by atoms with Crippen molar-refractivity contribution in [1.29, 1.82) is 0 Å². The van der Waals surface area contributed by atoms with Crippen LogP contribution in [-0.2, 0) is 0 Å². The Morgan fingerprint density at radius 1 is 1.27 bits per heavy atom. The highest BCUT2D eigenvalue weighted by Gasteiger charge is 2.14. The SMILES string of the molecule is CNC(=O)c1ccc2cc(-c3nc(NCCCC4CCNCC4)ncc3C)sc2c1. The Bertz CT molecular complexity index is 1030. The van der Waals surface area contributed by atoms with Crippen molar-refractivity contribution >= 4 is 33.3 Å². The lowest BCUT2D eigenvalue weighted by molar-refractivity contribution is 0.0963. The second-order valence-corrected chi connectivity index (χ2v) is 9.01. The number of thiophene rings is 1. The van der Waals surface area contributed by atoms with Crippen molar-refractivity contribution < 1.29 is 4.79 Å². The molecule has 3 N–H and O–H groups in total. The molecule has 30 heavy (non-hydrogen) atoms. The highest BCUT2D eigenvalue weighted by molar-refractivity contribution is 7.22. The molecule has 1 fully saturated rings. The predicted octanol–water partition coefficient (Wildman–Crippen LogP) is 4.22. The number of anilines is 1. The maximum absolute atomic E-state index is 11.9. The number of nitrogens with zero attached hydrogens (tertiary/aromatic N) is 2. The van der Waals surface area contributed by atoms with Crippen molar-refractivity contribution in [3.8, 4) is 10.6 Å². The minimum absolute atomic E-state index is 0.0685. The van der Waals surface area contributed by atoms with Gasteiger partial charge in [-0.15, -0.1) is 11.3 Å². The Morgan fingerprint density at radius 2 is 2.10 bits per heavy atom. The molecule has 0 aliphatic carbocycles. The minimum Gasteiger partial charge on any atom is -0.355 e. The average Bonchev–Trinajstić information content (AvgIpc) is 3.21. The molecular formula is C23H29N5OS.